The Morgan fingerprint density at radius 1 is 1.11 bits per heavy atom. The molecule has 0 aliphatic carbocycles. The highest BCUT2D eigenvalue weighted by Crippen LogP contribution is 2.31. The lowest BCUT2D eigenvalue weighted by atomic mass is 10.0. The summed E-state index contributed by atoms with van der Waals surface area (Å²) in [5, 5.41) is 21.7. The molecule has 0 aliphatic heterocycles. The number of aryl methyl sites for hydroxylation is 2. The fraction of sp³-hybridized carbons (Fsp3) is 0.357. The van der Waals surface area contributed by atoms with Gasteiger partial charge >= 0.3 is 0 Å². The molecule has 4 rings (SSSR count). The fourth-order valence-electron chi connectivity index (χ4n) is 4.50. The lowest BCUT2D eigenvalue weighted by Crippen LogP contribution is -2.30. The van der Waals surface area contributed by atoms with Gasteiger partial charge in [0.25, 0.3) is 5.91 Å². The zero-order valence-electron chi connectivity index (χ0n) is 22.3. The molecule has 9 heteroatoms. The zero-order chi connectivity index (χ0) is 26.7. The van der Waals surface area contributed by atoms with Crippen LogP contribution in [0.3, 0.4) is 0 Å². The molecule has 194 valence electrons. The molecule has 0 unspecified atom stereocenters. The van der Waals surface area contributed by atoms with Gasteiger partial charge in [-0.3, -0.25) is 9.48 Å². The molecule has 1 amide bonds. The lowest BCUT2D eigenvalue weighted by Gasteiger charge is -2.26. The number of likely N-dealkylation sites (N-methyl/N-ethyl adjacent to an activating group) is 1. The second kappa shape index (κ2) is 11.0. The van der Waals surface area contributed by atoms with Crippen LogP contribution in [0, 0.1) is 13.8 Å². The van der Waals surface area contributed by atoms with Gasteiger partial charge in [-0.25, -0.2) is 9.97 Å². The van der Waals surface area contributed by atoms with Crippen molar-refractivity contribution in [2.75, 3.05) is 32.5 Å². The van der Waals surface area contributed by atoms with Gasteiger partial charge in [-0.05, 0) is 71.1 Å². The molecule has 37 heavy (non-hydrogen) atoms. The molecule has 3 heterocycles. The Morgan fingerprint density at radius 3 is 2.57 bits per heavy atom. The first-order valence-electron chi connectivity index (χ1n) is 12.5. The number of aromatic nitrogens is 4. The van der Waals surface area contributed by atoms with Crippen LogP contribution in [0.4, 0.5) is 5.69 Å². The molecule has 0 aliphatic rings. The average molecular weight is 502 g/mol. The lowest BCUT2D eigenvalue weighted by molar-refractivity contribution is 0.0744. The average Bonchev–Trinajstić information content (AvgIpc) is 3.27. The number of nitrogens with zero attached hydrogens (tertiary/aromatic N) is 5. The molecular weight excluding hydrogens is 466 g/mol. The van der Waals surface area contributed by atoms with Crippen LogP contribution < -0.4 is 10.6 Å². The number of carbonyl (C=O) groups excluding carboxylic acids is 1. The number of aromatic hydroxyl groups is 1. The molecule has 0 spiro atoms. The monoisotopic (exact) mass is 501 g/mol. The fourth-order valence-corrected chi connectivity index (χ4v) is 4.50. The van der Waals surface area contributed by atoms with Crippen molar-refractivity contribution in [2.45, 2.75) is 40.3 Å². The van der Waals surface area contributed by atoms with E-state index < -0.39 is 0 Å². The van der Waals surface area contributed by atoms with E-state index >= 15 is 0 Å². The summed E-state index contributed by atoms with van der Waals surface area (Å²) in [6.07, 6.45) is 1.83. The molecule has 4 aromatic rings. The van der Waals surface area contributed by atoms with Gasteiger partial charge in [-0.1, -0.05) is 0 Å². The molecule has 0 saturated heterocycles. The van der Waals surface area contributed by atoms with E-state index in [1.54, 1.807) is 36.2 Å². The van der Waals surface area contributed by atoms with Gasteiger partial charge in [0.05, 0.1) is 46.1 Å². The van der Waals surface area contributed by atoms with E-state index in [-0.39, 0.29) is 17.7 Å². The van der Waals surface area contributed by atoms with Crippen LogP contribution in [0.1, 0.15) is 47.2 Å². The maximum absolute atomic E-state index is 13.9. The highest BCUT2D eigenvalue weighted by atomic mass is 16.3. The van der Waals surface area contributed by atoms with Crippen LogP contribution in [0.2, 0.25) is 0 Å². The van der Waals surface area contributed by atoms with E-state index in [1.165, 1.54) is 0 Å². The number of amides is 1. The van der Waals surface area contributed by atoms with Gasteiger partial charge in [0, 0.05) is 43.3 Å². The SMILES string of the molecule is CCn1ncc([C@H](C)N(C)C(=O)c2cc(-c3ccc(NCCNC)c(C)n3)nc3ccc(O)cc23)c1C. The second-order valence-corrected chi connectivity index (χ2v) is 9.21. The first kappa shape index (κ1) is 26.1. The number of rotatable bonds is 9. The predicted molar refractivity (Wildman–Crippen MR) is 147 cm³/mol. The van der Waals surface area contributed by atoms with E-state index in [0.29, 0.717) is 27.9 Å². The van der Waals surface area contributed by atoms with Crippen molar-refractivity contribution < 1.29 is 9.90 Å². The van der Waals surface area contributed by atoms with Gasteiger partial charge in [0.2, 0.25) is 0 Å². The molecule has 1 aromatic carbocycles. The number of nitrogens with one attached hydrogen (secondary N) is 2. The summed E-state index contributed by atoms with van der Waals surface area (Å²) < 4.78 is 1.92. The highest BCUT2D eigenvalue weighted by Gasteiger charge is 2.25. The predicted octanol–water partition coefficient (Wildman–Crippen LogP) is 4.30. The van der Waals surface area contributed by atoms with Crippen molar-refractivity contribution in [3.05, 3.63) is 65.1 Å². The largest absolute Gasteiger partial charge is 0.508 e. The minimum absolute atomic E-state index is 0.0813. The molecule has 3 aromatic heterocycles. The summed E-state index contributed by atoms with van der Waals surface area (Å²) in [4.78, 5) is 25.1. The van der Waals surface area contributed by atoms with Crippen molar-refractivity contribution in [3.8, 4) is 17.1 Å². The number of phenols is 1. The first-order valence-corrected chi connectivity index (χ1v) is 12.5. The number of hydrogen-bond acceptors (Lipinski definition) is 7. The van der Waals surface area contributed by atoms with Crippen molar-refractivity contribution >= 4 is 22.5 Å². The van der Waals surface area contributed by atoms with Crippen LogP contribution >= 0.6 is 0 Å². The normalized spacial score (nSPS) is 12.1. The van der Waals surface area contributed by atoms with Crippen molar-refractivity contribution in [1.29, 1.82) is 0 Å². The summed E-state index contributed by atoms with van der Waals surface area (Å²) >= 11 is 0. The number of fused-ring (bicyclic) bond motifs is 1. The van der Waals surface area contributed by atoms with Crippen LogP contribution in [-0.2, 0) is 6.54 Å². The number of hydrogen-bond donors (Lipinski definition) is 3. The van der Waals surface area contributed by atoms with Crippen molar-refractivity contribution in [3.63, 3.8) is 0 Å². The molecule has 1 atom stereocenters. The minimum atomic E-state index is -0.194. The Balaban J connectivity index is 1.74. The van der Waals surface area contributed by atoms with Crippen LogP contribution in [0.5, 0.6) is 5.75 Å². The number of anilines is 1. The molecule has 0 saturated carbocycles. The highest BCUT2D eigenvalue weighted by molar-refractivity contribution is 6.07. The Hall–Kier alpha value is -3.98. The third kappa shape index (κ3) is 5.27. The summed E-state index contributed by atoms with van der Waals surface area (Å²) in [5.74, 6) is -0.0877. The minimum Gasteiger partial charge on any atom is -0.508 e. The number of pyridine rings is 2. The van der Waals surface area contributed by atoms with E-state index in [1.807, 2.05) is 57.8 Å². The molecule has 0 radical (unpaired) electrons. The molecule has 9 nitrogen and oxygen atoms in total. The number of benzene rings is 1. The second-order valence-electron chi connectivity index (χ2n) is 9.21. The third-order valence-electron chi connectivity index (χ3n) is 6.85. The Morgan fingerprint density at radius 2 is 1.89 bits per heavy atom. The van der Waals surface area contributed by atoms with Gasteiger partial charge in [0.15, 0.2) is 0 Å². The van der Waals surface area contributed by atoms with E-state index in [9.17, 15) is 9.90 Å². The van der Waals surface area contributed by atoms with Crippen LogP contribution in [-0.4, -0.2) is 62.8 Å². The van der Waals surface area contributed by atoms with E-state index in [2.05, 4.69) is 15.7 Å². The first-order chi connectivity index (χ1) is 17.7. The smallest absolute Gasteiger partial charge is 0.254 e. The van der Waals surface area contributed by atoms with Gasteiger partial charge in [0.1, 0.15) is 5.75 Å². The number of carbonyl (C=O) groups is 1. The number of phenolic OH excluding ortho intramolecular Hbond substituents is 1. The van der Waals surface area contributed by atoms with Crippen molar-refractivity contribution in [1.82, 2.24) is 30.0 Å². The molecule has 0 bridgehead atoms. The van der Waals surface area contributed by atoms with E-state index in [0.717, 1.165) is 42.3 Å². The molecule has 0 fully saturated rings. The summed E-state index contributed by atoms with van der Waals surface area (Å²) in [6, 6.07) is 10.4. The third-order valence-corrected chi connectivity index (χ3v) is 6.85. The van der Waals surface area contributed by atoms with Gasteiger partial charge in [-0.2, -0.15) is 5.10 Å². The summed E-state index contributed by atoms with van der Waals surface area (Å²) in [7, 11) is 3.70. The maximum atomic E-state index is 13.9. The molecule has 3 N–H and O–H groups in total. The topological polar surface area (TPSA) is 108 Å². The van der Waals surface area contributed by atoms with Crippen LogP contribution in [0.25, 0.3) is 22.3 Å². The summed E-state index contributed by atoms with van der Waals surface area (Å²) in [6.45, 7) is 10.4. The van der Waals surface area contributed by atoms with Gasteiger partial charge in [-0.15, -0.1) is 0 Å². The van der Waals surface area contributed by atoms with E-state index in [4.69, 9.17) is 9.97 Å². The van der Waals surface area contributed by atoms with Gasteiger partial charge < -0.3 is 20.6 Å². The maximum Gasteiger partial charge on any atom is 0.254 e. The Kier molecular flexibility index (Phi) is 7.73. The zero-order valence-corrected chi connectivity index (χ0v) is 22.3. The summed E-state index contributed by atoms with van der Waals surface area (Å²) in [5.41, 5.74) is 6.19. The standard InChI is InChI=1S/C28H35N7O2/c1-7-35-19(4)23(16-31-35)18(3)34(6)28(37)22-15-27(33-25-9-8-20(36)14-21(22)25)26-11-10-24(17(2)32-26)30-13-12-29-5/h8-11,14-16,18,29-30,36H,7,12-13H2,1-6H3/t18-/m0/s1. The quantitative estimate of drug-likeness (QED) is 0.294. The van der Waals surface area contributed by atoms with Crippen LogP contribution in [0.15, 0.2) is 42.6 Å². The Labute approximate surface area is 217 Å². The molecular formula is C28H35N7O2. The Bertz CT molecular complexity index is 1430. The van der Waals surface area contributed by atoms with Crippen molar-refractivity contribution in [2.24, 2.45) is 0 Å².